The highest BCUT2D eigenvalue weighted by Gasteiger charge is 2.01. The molecular weight excluding hydrogens is 216 g/mol. The van der Waals surface area contributed by atoms with Gasteiger partial charge in [-0.25, -0.2) is 4.98 Å². The van der Waals surface area contributed by atoms with Gasteiger partial charge in [0.05, 0.1) is 6.61 Å². The molecule has 0 fully saturated rings. The fourth-order valence-corrected chi connectivity index (χ4v) is 1.27. The Morgan fingerprint density at radius 1 is 1.41 bits per heavy atom. The van der Waals surface area contributed by atoms with Crippen LogP contribution in [0.4, 0.5) is 5.95 Å². The van der Waals surface area contributed by atoms with E-state index in [1.807, 2.05) is 19.0 Å². The van der Waals surface area contributed by atoms with Gasteiger partial charge >= 0.3 is 0 Å². The minimum absolute atomic E-state index is 0.523. The topological polar surface area (TPSA) is 50.3 Å². The van der Waals surface area contributed by atoms with Crippen molar-refractivity contribution in [3.05, 3.63) is 12.3 Å². The third-order valence-corrected chi connectivity index (χ3v) is 2.14. The minimum atomic E-state index is 0.523. The van der Waals surface area contributed by atoms with Crippen LogP contribution in [0.5, 0.6) is 5.88 Å². The van der Waals surface area contributed by atoms with Gasteiger partial charge < -0.3 is 15.0 Å². The molecule has 1 aromatic rings. The highest BCUT2D eigenvalue weighted by atomic mass is 16.5. The molecule has 1 aromatic heterocycles. The Hall–Kier alpha value is -1.36. The second-order valence-electron chi connectivity index (χ2n) is 4.40. The number of anilines is 1. The van der Waals surface area contributed by atoms with E-state index in [1.165, 1.54) is 0 Å². The first-order valence-corrected chi connectivity index (χ1v) is 5.96. The standard InChI is InChI=1S/C12H22N4O/c1-10(2)13-7-5-9-17-11-6-8-14-12(15-11)16(3)4/h6,8,10,13H,5,7,9H2,1-4H3. The van der Waals surface area contributed by atoms with Gasteiger partial charge in [0, 0.05) is 32.4 Å². The van der Waals surface area contributed by atoms with Crippen molar-refractivity contribution in [1.29, 1.82) is 0 Å². The Morgan fingerprint density at radius 2 is 2.18 bits per heavy atom. The average molecular weight is 238 g/mol. The zero-order valence-corrected chi connectivity index (χ0v) is 11.1. The Bertz CT molecular complexity index is 328. The zero-order chi connectivity index (χ0) is 12.7. The normalized spacial score (nSPS) is 10.6. The van der Waals surface area contributed by atoms with E-state index >= 15 is 0 Å². The summed E-state index contributed by atoms with van der Waals surface area (Å²) < 4.78 is 5.56. The van der Waals surface area contributed by atoms with E-state index < -0.39 is 0 Å². The maximum atomic E-state index is 5.56. The summed E-state index contributed by atoms with van der Waals surface area (Å²) >= 11 is 0. The van der Waals surface area contributed by atoms with Gasteiger partial charge in [-0.1, -0.05) is 13.8 Å². The molecule has 0 unspecified atom stereocenters. The molecule has 1 heterocycles. The molecule has 0 aliphatic heterocycles. The van der Waals surface area contributed by atoms with Gasteiger partial charge in [0.15, 0.2) is 0 Å². The first-order chi connectivity index (χ1) is 8.09. The van der Waals surface area contributed by atoms with Crippen molar-refractivity contribution in [2.24, 2.45) is 0 Å². The van der Waals surface area contributed by atoms with E-state index in [1.54, 1.807) is 12.3 Å². The van der Waals surface area contributed by atoms with E-state index in [0.717, 1.165) is 13.0 Å². The number of aromatic nitrogens is 2. The molecule has 5 nitrogen and oxygen atoms in total. The zero-order valence-electron chi connectivity index (χ0n) is 11.1. The maximum Gasteiger partial charge on any atom is 0.228 e. The summed E-state index contributed by atoms with van der Waals surface area (Å²) in [5.41, 5.74) is 0. The molecule has 0 saturated carbocycles. The molecule has 0 amide bonds. The van der Waals surface area contributed by atoms with Gasteiger partial charge in [-0.2, -0.15) is 4.98 Å². The first kappa shape index (κ1) is 13.7. The molecule has 0 aliphatic carbocycles. The van der Waals surface area contributed by atoms with Crippen LogP contribution in [0.1, 0.15) is 20.3 Å². The minimum Gasteiger partial charge on any atom is -0.477 e. The van der Waals surface area contributed by atoms with Crippen molar-refractivity contribution in [2.75, 3.05) is 32.1 Å². The second-order valence-corrected chi connectivity index (χ2v) is 4.40. The van der Waals surface area contributed by atoms with Crippen LogP contribution in [-0.2, 0) is 0 Å². The Morgan fingerprint density at radius 3 is 2.82 bits per heavy atom. The van der Waals surface area contributed by atoms with Crippen LogP contribution < -0.4 is 15.0 Å². The van der Waals surface area contributed by atoms with Crippen LogP contribution in [0.15, 0.2) is 12.3 Å². The largest absolute Gasteiger partial charge is 0.477 e. The summed E-state index contributed by atoms with van der Waals surface area (Å²) in [5.74, 6) is 1.30. The van der Waals surface area contributed by atoms with Crippen LogP contribution in [0, 0.1) is 0 Å². The lowest BCUT2D eigenvalue weighted by molar-refractivity contribution is 0.295. The third-order valence-electron chi connectivity index (χ3n) is 2.14. The monoisotopic (exact) mass is 238 g/mol. The lowest BCUT2D eigenvalue weighted by atomic mass is 10.3. The van der Waals surface area contributed by atoms with Crippen molar-refractivity contribution in [1.82, 2.24) is 15.3 Å². The maximum absolute atomic E-state index is 5.56. The average Bonchev–Trinajstić information content (AvgIpc) is 2.28. The van der Waals surface area contributed by atoms with Crippen molar-refractivity contribution in [3.63, 3.8) is 0 Å². The highest BCUT2D eigenvalue weighted by Crippen LogP contribution is 2.10. The molecule has 0 spiro atoms. The molecule has 5 heteroatoms. The summed E-state index contributed by atoms with van der Waals surface area (Å²) in [6, 6.07) is 2.30. The number of ether oxygens (including phenoxy) is 1. The summed E-state index contributed by atoms with van der Waals surface area (Å²) in [4.78, 5) is 10.3. The van der Waals surface area contributed by atoms with Crippen LogP contribution in [0.25, 0.3) is 0 Å². The Labute approximate surface area is 103 Å². The Balaban J connectivity index is 2.29. The fraction of sp³-hybridized carbons (Fsp3) is 0.667. The molecule has 0 radical (unpaired) electrons. The molecule has 17 heavy (non-hydrogen) atoms. The highest BCUT2D eigenvalue weighted by molar-refractivity contribution is 5.29. The number of nitrogens with zero attached hydrogens (tertiary/aromatic N) is 3. The van der Waals surface area contributed by atoms with Crippen molar-refractivity contribution in [3.8, 4) is 5.88 Å². The summed E-state index contributed by atoms with van der Waals surface area (Å²) in [5, 5.41) is 3.34. The molecule has 0 aromatic carbocycles. The summed E-state index contributed by atoms with van der Waals surface area (Å²) in [6.07, 6.45) is 2.68. The van der Waals surface area contributed by atoms with E-state index in [2.05, 4.69) is 29.1 Å². The molecule has 96 valence electrons. The van der Waals surface area contributed by atoms with Gasteiger partial charge in [-0.3, -0.25) is 0 Å². The number of hydrogen-bond acceptors (Lipinski definition) is 5. The molecule has 1 rings (SSSR count). The number of nitrogens with one attached hydrogen (secondary N) is 1. The molecule has 1 N–H and O–H groups in total. The van der Waals surface area contributed by atoms with E-state index in [4.69, 9.17) is 4.74 Å². The lowest BCUT2D eigenvalue weighted by Gasteiger charge is -2.11. The van der Waals surface area contributed by atoms with Crippen LogP contribution in [0.2, 0.25) is 0 Å². The smallest absolute Gasteiger partial charge is 0.228 e. The second kappa shape index (κ2) is 7.06. The molecule has 0 aliphatic rings. The van der Waals surface area contributed by atoms with Gasteiger partial charge in [0.2, 0.25) is 11.8 Å². The number of rotatable bonds is 7. The fourth-order valence-electron chi connectivity index (χ4n) is 1.27. The predicted octanol–water partition coefficient (Wildman–Crippen LogP) is 1.31. The van der Waals surface area contributed by atoms with E-state index in [9.17, 15) is 0 Å². The van der Waals surface area contributed by atoms with Gasteiger partial charge in [-0.15, -0.1) is 0 Å². The van der Waals surface area contributed by atoms with Gasteiger partial charge in [-0.05, 0) is 13.0 Å². The first-order valence-electron chi connectivity index (χ1n) is 5.96. The molecular formula is C12H22N4O. The quantitative estimate of drug-likeness (QED) is 0.726. The Kier molecular flexibility index (Phi) is 5.69. The molecule has 0 saturated heterocycles. The third kappa shape index (κ3) is 5.49. The van der Waals surface area contributed by atoms with E-state index in [0.29, 0.717) is 24.5 Å². The SMILES string of the molecule is CC(C)NCCCOc1ccnc(N(C)C)n1. The van der Waals surface area contributed by atoms with Crippen LogP contribution in [0.3, 0.4) is 0 Å². The molecule has 0 atom stereocenters. The predicted molar refractivity (Wildman–Crippen MR) is 69.6 cm³/mol. The van der Waals surface area contributed by atoms with Crippen molar-refractivity contribution < 1.29 is 4.74 Å². The van der Waals surface area contributed by atoms with Crippen LogP contribution >= 0.6 is 0 Å². The lowest BCUT2D eigenvalue weighted by Crippen LogP contribution is -2.24. The molecule has 0 bridgehead atoms. The van der Waals surface area contributed by atoms with E-state index in [-0.39, 0.29) is 0 Å². The van der Waals surface area contributed by atoms with Gasteiger partial charge in [0.25, 0.3) is 0 Å². The van der Waals surface area contributed by atoms with Crippen LogP contribution in [-0.4, -0.2) is 43.3 Å². The summed E-state index contributed by atoms with van der Waals surface area (Å²) in [7, 11) is 3.82. The van der Waals surface area contributed by atoms with Gasteiger partial charge in [0.1, 0.15) is 0 Å². The van der Waals surface area contributed by atoms with Crippen molar-refractivity contribution >= 4 is 5.95 Å². The number of hydrogen-bond donors (Lipinski definition) is 1. The van der Waals surface area contributed by atoms with Crippen molar-refractivity contribution in [2.45, 2.75) is 26.3 Å². The summed E-state index contributed by atoms with van der Waals surface area (Å²) in [6.45, 7) is 5.90.